The molecule has 1 aliphatic rings. The Kier molecular flexibility index (Phi) is 4.30. The van der Waals surface area contributed by atoms with Crippen molar-refractivity contribution in [3.05, 3.63) is 23.8 Å². The summed E-state index contributed by atoms with van der Waals surface area (Å²) >= 11 is 0. The number of likely N-dealkylation sites (tertiary alicyclic amines) is 1. The van der Waals surface area contributed by atoms with E-state index in [1.54, 1.807) is 23.1 Å². The van der Waals surface area contributed by atoms with Gasteiger partial charge in [0.05, 0.1) is 0 Å². The predicted octanol–water partition coefficient (Wildman–Crippen LogP) is 2.77. The molecule has 1 amide bonds. The zero-order valence-electron chi connectivity index (χ0n) is 12.9. The Morgan fingerprint density at radius 1 is 1.48 bits per heavy atom. The number of hydrogen-bond acceptors (Lipinski definition) is 4. The zero-order valence-corrected chi connectivity index (χ0v) is 12.9. The van der Waals surface area contributed by atoms with Crippen LogP contribution >= 0.6 is 0 Å². The van der Waals surface area contributed by atoms with Crippen LogP contribution in [0.1, 0.15) is 32.8 Å². The summed E-state index contributed by atoms with van der Waals surface area (Å²) in [5, 5.41) is 9.54. The Bertz CT molecular complexity index is 523. The second-order valence-corrected chi connectivity index (χ2v) is 6.67. The number of anilines is 1. The number of nitrogens with two attached hydrogens (primary N) is 1. The van der Waals surface area contributed by atoms with Gasteiger partial charge in [-0.1, -0.05) is 0 Å². The van der Waals surface area contributed by atoms with E-state index in [2.05, 4.69) is 0 Å². The molecular formula is C16H24N2O3. The van der Waals surface area contributed by atoms with Crippen molar-refractivity contribution in [2.24, 2.45) is 5.92 Å². The third-order valence-corrected chi connectivity index (χ3v) is 3.57. The second-order valence-electron chi connectivity index (χ2n) is 6.67. The molecule has 1 unspecified atom stereocenters. The number of aromatic hydroxyl groups is 1. The van der Waals surface area contributed by atoms with Crippen molar-refractivity contribution in [1.29, 1.82) is 0 Å². The van der Waals surface area contributed by atoms with Crippen molar-refractivity contribution in [2.75, 3.05) is 18.8 Å². The minimum atomic E-state index is -0.467. The molecule has 1 atom stereocenters. The molecule has 116 valence electrons. The molecule has 3 N–H and O–H groups in total. The number of rotatable bonds is 2. The highest BCUT2D eigenvalue weighted by Gasteiger charge is 2.30. The maximum absolute atomic E-state index is 12.0. The lowest BCUT2D eigenvalue weighted by Gasteiger charge is -2.24. The van der Waals surface area contributed by atoms with E-state index in [9.17, 15) is 9.90 Å². The minimum absolute atomic E-state index is 0.223. The first kappa shape index (κ1) is 15.5. The van der Waals surface area contributed by atoms with Crippen LogP contribution in [0, 0.1) is 5.92 Å². The average Bonchev–Trinajstić information content (AvgIpc) is 2.80. The Morgan fingerprint density at radius 3 is 2.86 bits per heavy atom. The van der Waals surface area contributed by atoms with Crippen LogP contribution in [-0.2, 0) is 11.2 Å². The van der Waals surface area contributed by atoms with Gasteiger partial charge in [-0.15, -0.1) is 0 Å². The van der Waals surface area contributed by atoms with Crippen LogP contribution in [0.5, 0.6) is 5.75 Å². The first-order valence-electron chi connectivity index (χ1n) is 7.30. The van der Waals surface area contributed by atoms with Crippen LogP contribution in [-0.4, -0.2) is 34.8 Å². The number of phenolic OH excluding ortho intramolecular Hbond substituents is 1. The maximum atomic E-state index is 12.0. The van der Waals surface area contributed by atoms with Gasteiger partial charge in [-0.25, -0.2) is 4.79 Å². The van der Waals surface area contributed by atoms with Crippen LogP contribution in [0.25, 0.3) is 0 Å². The molecule has 1 fully saturated rings. The van der Waals surface area contributed by atoms with Crippen LogP contribution in [0.15, 0.2) is 18.2 Å². The topological polar surface area (TPSA) is 75.8 Å². The van der Waals surface area contributed by atoms with E-state index in [1.807, 2.05) is 20.8 Å². The van der Waals surface area contributed by atoms with Gasteiger partial charge in [-0.3, -0.25) is 0 Å². The summed E-state index contributed by atoms with van der Waals surface area (Å²) in [6, 6.07) is 5.00. The second kappa shape index (κ2) is 5.84. The van der Waals surface area contributed by atoms with Gasteiger partial charge in [0.1, 0.15) is 11.4 Å². The fourth-order valence-corrected chi connectivity index (χ4v) is 2.57. The zero-order chi connectivity index (χ0) is 15.6. The molecule has 0 aliphatic carbocycles. The van der Waals surface area contributed by atoms with E-state index in [-0.39, 0.29) is 11.8 Å². The van der Waals surface area contributed by atoms with E-state index in [4.69, 9.17) is 10.5 Å². The standard InChI is InChI=1S/C16H24N2O3/c1-16(2,3)21-15(20)18-7-6-11(10-18)8-12-9-13(19)4-5-14(12)17/h4-5,9,11,19H,6-8,10,17H2,1-3H3. The number of benzene rings is 1. The molecule has 0 bridgehead atoms. The van der Waals surface area contributed by atoms with E-state index in [1.165, 1.54) is 0 Å². The summed E-state index contributed by atoms with van der Waals surface area (Å²) in [5.41, 5.74) is 7.08. The predicted molar refractivity (Wildman–Crippen MR) is 82.1 cm³/mol. The SMILES string of the molecule is CC(C)(C)OC(=O)N1CCC(Cc2cc(O)ccc2N)C1. The Balaban J connectivity index is 1.93. The van der Waals surface area contributed by atoms with Gasteiger partial charge < -0.3 is 20.5 Å². The number of carbonyl (C=O) groups excluding carboxylic acids is 1. The largest absolute Gasteiger partial charge is 0.508 e. The highest BCUT2D eigenvalue weighted by Crippen LogP contribution is 2.27. The van der Waals surface area contributed by atoms with E-state index in [0.717, 1.165) is 18.4 Å². The van der Waals surface area contributed by atoms with Gasteiger partial charge in [0, 0.05) is 18.8 Å². The summed E-state index contributed by atoms with van der Waals surface area (Å²) in [6.07, 6.45) is 1.43. The third-order valence-electron chi connectivity index (χ3n) is 3.57. The van der Waals surface area contributed by atoms with Crippen molar-refractivity contribution < 1.29 is 14.6 Å². The number of phenols is 1. The summed E-state index contributed by atoms with van der Waals surface area (Å²) in [7, 11) is 0. The van der Waals surface area contributed by atoms with Crippen LogP contribution in [0.3, 0.4) is 0 Å². The molecule has 5 nitrogen and oxygen atoms in total. The molecule has 0 spiro atoms. The smallest absolute Gasteiger partial charge is 0.410 e. The quantitative estimate of drug-likeness (QED) is 0.649. The van der Waals surface area contributed by atoms with Crippen molar-refractivity contribution in [2.45, 2.75) is 39.2 Å². The average molecular weight is 292 g/mol. The lowest BCUT2D eigenvalue weighted by Crippen LogP contribution is -2.35. The minimum Gasteiger partial charge on any atom is -0.508 e. The molecule has 1 heterocycles. The van der Waals surface area contributed by atoms with Crippen LogP contribution in [0.4, 0.5) is 10.5 Å². The molecule has 1 saturated heterocycles. The van der Waals surface area contributed by atoms with Gasteiger partial charge in [0.2, 0.25) is 0 Å². The molecule has 0 aromatic heterocycles. The highest BCUT2D eigenvalue weighted by molar-refractivity contribution is 5.68. The Hall–Kier alpha value is -1.91. The fraction of sp³-hybridized carbons (Fsp3) is 0.562. The third kappa shape index (κ3) is 4.28. The molecule has 21 heavy (non-hydrogen) atoms. The summed E-state index contributed by atoms with van der Waals surface area (Å²) in [4.78, 5) is 13.8. The summed E-state index contributed by atoms with van der Waals surface area (Å²) in [5.74, 6) is 0.572. The normalized spacial score (nSPS) is 18.8. The Labute approximate surface area is 125 Å². The van der Waals surface area contributed by atoms with Gasteiger partial charge in [-0.2, -0.15) is 0 Å². The van der Waals surface area contributed by atoms with Gasteiger partial charge in [0.15, 0.2) is 0 Å². The summed E-state index contributed by atoms with van der Waals surface area (Å²) in [6.45, 7) is 6.98. The fourth-order valence-electron chi connectivity index (χ4n) is 2.57. The number of carbonyl (C=O) groups is 1. The van der Waals surface area contributed by atoms with Gasteiger partial charge in [-0.05, 0) is 63.3 Å². The van der Waals surface area contributed by atoms with Crippen LogP contribution in [0.2, 0.25) is 0 Å². The molecule has 2 rings (SSSR count). The van der Waals surface area contributed by atoms with Crippen molar-refractivity contribution >= 4 is 11.8 Å². The van der Waals surface area contributed by atoms with Crippen molar-refractivity contribution in [1.82, 2.24) is 4.90 Å². The van der Waals surface area contributed by atoms with E-state index < -0.39 is 5.60 Å². The molecule has 0 radical (unpaired) electrons. The number of nitrogens with zero attached hydrogens (tertiary/aromatic N) is 1. The monoisotopic (exact) mass is 292 g/mol. The highest BCUT2D eigenvalue weighted by atomic mass is 16.6. The molecule has 0 saturated carbocycles. The summed E-state index contributed by atoms with van der Waals surface area (Å²) < 4.78 is 5.39. The lowest BCUT2D eigenvalue weighted by molar-refractivity contribution is 0.0288. The first-order chi connectivity index (χ1) is 9.74. The number of ether oxygens (including phenoxy) is 1. The van der Waals surface area contributed by atoms with Crippen LogP contribution < -0.4 is 5.73 Å². The first-order valence-corrected chi connectivity index (χ1v) is 7.30. The molecule has 1 aromatic rings. The number of nitrogen functional groups attached to an aromatic ring is 1. The van der Waals surface area contributed by atoms with Crippen molar-refractivity contribution in [3.8, 4) is 5.75 Å². The number of hydrogen-bond donors (Lipinski definition) is 2. The number of amides is 1. The Morgan fingerprint density at radius 2 is 2.19 bits per heavy atom. The van der Waals surface area contributed by atoms with E-state index >= 15 is 0 Å². The molecule has 1 aromatic carbocycles. The molecular weight excluding hydrogens is 268 g/mol. The van der Waals surface area contributed by atoms with E-state index in [0.29, 0.717) is 24.7 Å². The van der Waals surface area contributed by atoms with Crippen molar-refractivity contribution in [3.63, 3.8) is 0 Å². The van der Waals surface area contributed by atoms with Gasteiger partial charge in [0.25, 0.3) is 0 Å². The van der Waals surface area contributed by atoms with Gasteiger partial charge >= 0.3 is 6.09 Å². The molecule has 5 heteroatoms. The maximum Gasteiger partial charge on any atom is 0.410 e. The molecule has 1 aliphatic heterocycles. The lowest BCUT2D eigenvalue weighted by atomic mass is 9.97.